The van der Waals surface area contributed by atoms with Gasteiger partial charge in [0.2, 0.25) is 0 Å². The van der Waals surface area contributed by atoms with Crippen molar-refractivity contribution in [2.24, 2.45) is 0 Å². The van der Waals surface area contributed by atoms with Gasteiger partial charge in [0.1, 0.15) is 5.56 Å². The molecule has 25 heavy (non-hydrogen) atoms. The molecule has 0 saturated carbocycles. The Hall–Kier alpha value is -3.19. The number of carbonyl (C=O) groups excluding carboxylic acids is 1. The number of fused-ring (bicyclic) bond motifs is 1. The molecule has 2 N–H and O–H groups in total. The molecule has 7 heteroatoms. The third-order valence-corrected chi connectivity index (χ3v) is 4.72. The lowest BCUT2D eigenvalue weighted by Crippen LogP contribution is -2.05. The molecule has 3 aromatic heterocycles. The van der Waals surface area contributed by atoms with Crippen molar-refractivity contribution in [1.29, 1.82) is 0 Å². The Morgan fingerprint density at radius 3 is 2.64 bits per heavy atom. The number of benzene rings is 1. The van der Waals surface area contributed by atoms with Crippen molar-refractivity contribution >= 4 is 28.6 Å². The number of hydrogen-bond acceptors (Lipinski definition) is 6. The van der Waals surface area contributed by atoms with E-state index in [1.54, 1.807) is 34.1 Å². The third-order valence-electron chi connectivity index (χ3n) is 3.83. The van der Waals surface area contributed by atoms with Crippen molar-refractivity contribution < 1.29 is 9.53 Å². The molecule has 0 aliphatic carbocycles. The summed E-state index contributed by atoms with van der Waals surface area (Å²) in [4.78, 5) is 17.7. The van der Waals surface area contributed by atoms with E-state index in [-0.39, 0.29) is 0 Å². The summed E-state index contributed by atoms with van der Waals surface area (Å²) in [6.45, 7) is 0. The van der Waals surface area contributed by atoms with E-state index in [4.69, 9.17) is 10.5 Å². The second-order valence-corrected chi connectivity index (χ2v) is 6.34. The minimum atomic E-state index is -0.445. The Kier molecular flexibility index (Phi) is 3.70. The summed E-state index contributed by atoms with van der Waals surface area (Å²) >= 11 is 1.60. The molecule has 0 bridgehead atoms. The van der Waals surface area contributed by atoms with Crippen LogP contribution in [0.1, 0.15) is 10.4 Å². The van der Waals surface area contributed by atoms with Crippen LogP contribution in [0, 0.1) is 0 Å². The zero-order valence-corrected chi connectivity index (χ0v) is 14.2. The summed E-state index contributed by atoms with van der Waals surface area (Å²) in [5, 5.41) is 6.60. The van der Waals surface area contributed by atoms with Crippen LogP contribution >= 0.6 is 11.3 Å². The van der Waals surface area contributed by atoms with Crippen LogP contribution in [0.2, 0.25) is 0 Å². The standard InChI is InChI=1S/C18H14N4O2S/c1-24-18(23)13-8-9-14(15-3-2-10-25-15)22-17(13)20-16(21-22)11-4-6-12(19)7-5-11/h2-10H,19H2,1H3. The zero-order valence-electron chi connectivity index (χ0n) is 13.3. The summed E-state index contributed by atoms with van der Waals surface area (Å²) < 4.78 is 6.56. The van der Waals surface area contributed by atoms with Crippen LogP contribution < -0.4 is 5.73 Å². The number of esters is 1. The highest BCUT2D eigenvalue weighted by Gasteiger charge is 2.19. The number of anilines is 1. The van der Waals surface area contributed by atoms with Crippen LogP contribution in [-0.2, 0) is 4.74 Å². The maximum Gasteiger partial charge on any atom is 0.341 e. The van der Waals surface area contributed by atoms with Crippen molar-refractivity contribution in [2.75, 3.05) is 12.8 Å². The van der Waals surface area contributed by atoms with Crippen molar-refractivity contribution in [3.63, 3.8) is 0 Å². The molecule has 1 aromatic carbocycles. The Balaban J connectivity index is 1.97. The lowest BCUT2D eigenvalue weighted by molar-refractivity contribution is 0.0602. The van der Waals surface area contributed by atoms with Gasteiger partial charge in [-0.15, -0.1) is 16.4 Å². The summed E-state index contributed by atoms with van der Waals surface area (Å²) in [7, 11) is 1.35. The van der Waals surface area contributed by atoms with E-state index < -0.39 is 5.97 Å². The number of aromatic nitrogens is 3. The van der Waals surface area contributed by atoms with E-state index in [1.807, 2.05) is 35.7 Å². The molecule has 4 rings (SSSR count). The van der Waals surface area contributed by atoms with Gasteiger partial charge in [-0.3, -0.25) is 0 Å². The van der Waals surface area contributed by atoms with Gasteiger partial charge in [0.05, 0.1) is 17.7 Å². The molecular weight excluding hydrogens is 336 g/mol. The smallest absolute Gasteiger partial charge is 0.341 e. The number of pyridine rings is 1. The molecule has 0 saturated heterocycles. The monoisotopic (exact) mass is 350 g/mol. The normalized spacial score (nSPS) is 10.9. The number of methoxy groups -OCH3 is 1. The summed E-state index contributed by atoms with van der Waals surface area (Å²) in [6.07, 6.45) is 0. The zero-order chi connectivity index (χ0) is 17.4. The Morgan fingerprint density at radius 1 is 1.16 bits per heavy atom. The topological polar surface area (TPSA) is 82.5 Å². The van der Waals surface area contributed by atoms with Crippen LogP contribution in [-0.4, -0.2) is 27.7 Å². The first-order valence-corrected chi connectivity index (χ1v) is 8.43. The Labute approximate surface area is 147 Å². The minimum Gasteiger partial charge on any atom is -0.465 e. The van der Waals surface area contributed by atoms with Crippen LogP contribution in [0.4, 0.5) is 5.69 Å². The molecule has 124 valence electrons. The van der Waals surface area contributed by atoms with E-state index in [0.717, 1.165) is 16.1 Å². The maximum absolute atomic E-state index is 12.1. The summed E-state index contributed by atoms with van der Waals surface area (Å²) in [5.74, 6) is 0.0770. The van der Waals surface area contributed by atoms with E-state index in [1.165, 1.54) is 7.11 Å². The average Bonchev–Trinajstić information content (AvgIpc) is 3.30. The fourth-order valence-corrected chi connectivity index (χ4v) is 3.33. The number of thiophene rings is 1. The minimum absolute atomic E-state index is 0.372. The van der Waals surface area contributed by atoms with Crippen molar-refractivity contribution in [1.82, 2.24) is 14.6 Å². The molecule has 0 atom stereocenters. The summed E-state index contributed by atoms with van der Waals surface area (Å²) in [5.41, 5.74) is 8.94. The van der Waals surface area contributed by atoms with Crippen LogP contribution in [0.25, 0.3) is 27.6 Å². The predicted molar refractivity (Wildman–Crippen MR) is 97.5 cm³/mol. The van der Waals surface area contributed by atoms with Crippen molar-refractivity contribution in [3.05, 3.63) is 59.5 Å². The molecule has 0 aliphatic heterocycles. The highest BCUT2D eigenvalue weighted by Crippen LogP contribution is 2.28. The predicted octanol–water partition coefficient (Wildman–Crippen LogP) is 3.49. The molecule has 0 fully saturated rings. The van der Waals surface area contributed by atoms with Gasteiger partial charge in [-0.05, 0) is 47.8 Å². The lowest BCUT2D eigenvalue weighted by atomic mass is 10.2. The van der Waals surface area contributed by atoms with E-state index in [0.29, 0.717) is 22.7 Å². The Morgan fingerprint density at radius 2 is 1.96 bits per heavy atom. The number of ether oxygens (including phenoxy) is 1. The first kappa shape index (κ1) is 15.3. The van der Waals surface area contributed by atoms with Gasteiger partial charge in [-0.2, -0.15) is 0 Å². The third kappa shape index (κ3) is 2.64. The number of nitrogens with zero attached hydrogens (tertiary/aromatic N) is 3. The van der Waals surface area contributed by atoms with Crippen molar-refractivity contribution in [3.8, 4) is 22.0 Å². The van der Waals surface area contributed by atoms with Gasteiger partial charge in [0.25, 0.3) is 0 Å². The van der Waals surface area contributed by atoms with Gasteiger partial charge >= 0.3 is 5.97 Å². The average molecular weight is 350 g/mol. The van der Waals surface area contributed by atoms with Crippen LogP contribution in [0.15, 0.2) is 53.9 Å². The molecule has 3 heterocycles. The number of hydrogen-bond donors (Lipinski definition) is 1. The molecule has 6 nitrogen and oxygen atoms in total. The molecule has 0 aliphatic rings. The SMILES string of the molecule is COC(=O)c1ccc(-c2cccs2)n2nc(-c3ccc(N)cc3)nc12. The molecule has 0 radical (unpaired) electrons. The molecule has 0 spiro atoms. The molecule has 0 amide bonds. The van der Waals surface area contributed by atoms with Crippen molar-refractivity contribution in [2.45, 2.75) is 0 Å². The number of nitrogens with two attached hydrogens (primary N) is 1. The second-order valence-electron chi connectivity index (χ2n) is 5.39. The first-order chi connectivity index (χ1) is 12.2. The van der Waals surface area contributed by atoms with Crippen LogP contribution in [0.5, 0.6) is 0 Å². The quantitative estimate of drug-likeness (QED) is 0.452. The van der Waals surface area contributed by atoms with Crippen LogP contribution in [0.3, 0.4) is 0 Å². The van der Waals surface area contributed by atoms with E-state index in [9.17, 15) is 4.79 Å². The largest absolute Gasteiger partial charge is 0.465 e. The highest BCUT2D eigenvalue weighted by atomic mass is 32.1. The van der Waals surface area contributed by atoms with E-state index in [2.05, 4.69) is 10.1 Å². The highest BCUT2D eigenvalue weighted by molar-refractivity contribution is 7.13. The number of carbonyl (C=O) groups is 1. The molecule has 0 unspecified atom stereocenters. The van der Waals surface area contributed by atoms with Gasteiger partial charge in [0.15, 0.2) is 11.5 Å². The maximum atomic E-state index is 12.1. The molecule has 4 aromatic rings. The molecular formula is C18H14N4O2S. The van der Waals surface area contributed by atoms with E-state index >= 15 is 0 Å². The Bertz CT molecular complexity index is 1050. The fraction of sp³-hybridized carbons (Fsp3) is 0.0556. The lowest BCUT2D eigenvalue weighted by Gasteiger charge is -2.05. The van der Waals surface area contributed by atoms with Gasteiger partial charge in [-0.1, -0.05) is 6.07 Å². The van der Waals surface area contributed by atoms with Gasteiger partial charge < -0.3 is 10.5 Å². The summed E-state index contributed by atoms with van der Waals surface area (Å²) in [6, 6.07) is 14.8. The number of rotatable bonds is 3. The van der Waals surface area contributed by atoms with Gasteiger partial charge in [-0.25, -0.2) is 14.3 Å². The first-order valence-electron chi connectivity index (χ1n) is 7.55. The number of nitrogen functional groups attached to an aromatic ring is 1. The van der Waals surface area contributed by atoms with Gasteiger partial charge in [0, 0.05) is 11.3 Å². The fourth-order valence-electron chi connectivity index (χ4n) is 2.60. The second kappa shape index (κ2) is 6.03.